The fraction of sp³-hybridized carbons (Fsp3) is 0.133. The van der Waals surface area contributed by atoms with Gasteiger partial charge in [0.1, 0.15) is 6.54 Å². The van der Waals surface area contributed by atoms with Crippen LogP contribution >= 0.6 is 34.5 Å². The van der Waals surface area contributed by atoms with Gasteiger partial charge < -0.3 is 10.2 Å². The maximum atomic E-state index is 12.5. The van der Waals surface area contributed by atoms with Crippen molar-refractivity contribution in [1.29, 1.82) is 0 Å². The second-order valence-electron chi connectivity index (χ2n) is 4.49. The Labute approximate surface area is 147 Å². The molecule has 1 aromatic heterocycles. The molecule has 0 fully saturated rings. The molecule has 0 aliphatic rings. The molecule has 2 amide bonds. The van der Waals surface area contributed by atoms with E-state index < -0.39 is 0 Å². The van der Waals surface area contributed by atoms with Crippen molar-refractivity contribution in [3.05, 3.63) is 58.0 Å². The summed E-state index contributed by atoms with van der Waals surface area (Å²) in [5.41, 5.74) is 0.350. The van der Waals surface area contributed by atoms with Crippen LogP contribution in [0.4, 0.5) is 5.13 Å². The molecule has 1 aromatic carbocycles. The summed E-state index contributed by atoms with van der Waals surface area (Å²) >= 11 is 13.1. The van der Waals surface area contributed by atoms with Gasteiger partial charge in [0.15, 0.2) is 5.13 Å². The van der Waals surface area contributed by atoms with Crippen LogP contribution in [0.2, 0.25) is 10.0 Å². The van der Waals surface area contributed by atoms with Crippen LogP contribution in [0.25, 0.3) is 0 Å². The van der Waals surface area contributed by atoms with Crippen molar-refractivity contribution in [2.24, 2.45) is 0 Å². The maximum absolute atomic E-state index is 12.5. The summed E-state index contributed by atoms with van der Waals surface area (Å²) < 4.78 is 0. The standard InChI is InChI=1S/C15H13Cl2N3O2S/c1-2-6-20(9-13(21)19-15-18-5-7-23-15)14(22)10-3-4-11(16)12(17)8-10/h2-5,7-8H,1,6,9H2,(H,18,19,21). The molecule has 0 spiro atoms. The van der Waals surface area contributed by atoms with Crippen LogP contribution in [0, 0.1) is 0 Å². The highest BCUT2D eigenvalue weighted by atomic mass is 35.5. The molecule has 0 unspecified atom stereocenters. The lowest BCUT2D eigenvalue weighted by atomic mass is 10.2. The van der Waals surface area contributed by atoms with Gasteiger partial charge in [-0.2, -0.15) is 0 Å². The number of hydrogen-bond donors (Lipinski definition) is 1. The molecule has 1 N–H and O–H groups in total. The van der Waals surface area contributed by atoms with Gasteiger partial charge in [-0.25, -0.2) is 4.98 Å². The van der Waals surface area contributed by atoms with Crippen molar-refractivity contribution in [3.8, 4) is 0 Å². The van der Waals surface area contributed by atoms with Gasteiger partial charge in [0.05, 0.1) is 10.0 Å². The predicted molar refractivity (Wildman–Crippen MR) is 93.3 cm³/mol. The quantitative estimate of drug-likeness (QED) is 0.789. The zero-order valence-corrected chi connectivity index (χ0v) is 14.3. The second-order valence-corrected chi connectivity index (χ2v) is 6.20. The number of benzene rings is 1. The minimum absolute atomic E-state index is 0.120. The summed E-state index contributed by atoms with van der Waals surface area (Å²) in [6.45, 7) is 3.71. The number of halogens is 2. The predicted octanol–water partition coefficient (Wildman–Crippen LogP) is 3.72. The first-order valence-corrected chi connectivity index (χ1v) is 8.19. The largest absolute Gasteiger partial charge is 0.326 e. The Morgan fingerprint density at radius 1 is 1.35 bits per heavy atom. The number of amides is 2. The highest BCUT2D eigenvalue weighted by Gasteiger charge is 2.19. The third-order valence-electron chi connectivity index (χ3n) is 2.82. The van der Waals surface area contributed by atoms with Crippen LogP contribution in [-0.4, -0.2) is 34.8 Å². The average Bonchev–Trinajstić information content (AvgIpc) is 3.01. The molecule has 0 radical (unpaired) electrons. The molecule has 0 atom stereocenters. The zero-order valence-electron chi connectivity index (χ0n) is 12.0. The van der Waals surface area contributed by atoms with Gasteiger partial charge in [0.2, 0.25) is 5.91 Å². The van der Waals surface area contributed by atoms with Crippen LogP contribution in [0.15, 0.2) is 42.4 Å². The van der Waals surface area contributed by atoms with E-state index in [1.54, 1.807) is 29.8 Å². The fourth-order valence-electron chi connectivity index (χ4n) is 1.80. The molecule has 0 aliphatic carbocycles. The highest BCUT2D eigenvalue weighted by molar-refractivity contribution is 7.13. The van der Waals surface area contributed by atoms with Gasteiger partial charge in [-0.3, -0.25) is 9.59 Å². The molecular weight excluding hydrogens is 357 g/mol. The van der Waals surface area contributed by atoms with Crippen LogP contribution in [0.3, 0.4) is 0 Å². The van der Waals surface area contributed by atoms with E-state index >= 15 is 0 Å². The molecule has 0 saturated carbocycles. The van der Waals surface area contributed by atoms with E-state index in [-0.39, 0.29) is 29.9 Å². The molecule has 0 saturated heterocycles. The Morgan fingerprint density at radius 3 is 2.74 bits per heavy atom. The zero-order chi connectivity index (χ0) is 16.8. The fourth-order valence-corrected chi connectivity index (χ4v) is 2.65. The number of nitrogens with zero attached hydrogens (tertiary/aromatic N) is 2. The van der Waals surface area contributed by atoms with E-state index in [1.165, 1.54) is 22.3 Å². The van der Waals surface area contributed by atoms with E-state index in [2.05, 4.69) is 16.9 Å². The minimum atomic E-state index is -0.338. The molecule has 2 aromatic rings. The first-order valence-electron chi connectivity index (χ1n) is 6.56. The van der Waals surface area contributed by atoms with Crippen LogP contribution < -0.4 is 5.32 Å². The summed E-state index contributed by atoms with van der Waals surface area (Å²) in [6, 6.07) is 4.57. The van der Waals surface area contributed by atoms with Crippen LogP contribution in [0.1, 0.15) is 10.4 Å². The molecular formula is C15H13Cl2N3O2S. The number of carbonyl (C=O) groups excluding carboxylic acids is 2. The SMILES string of the molecule is C=CCN(CC(=O)Nc1nccs1)C(=O)c1ccc(Cl)c(Cl)c1. The van der Waals surface area contributed by atoms with E-state index in [4.69, 9.17) is 23.2 Å². The molecule has 2 rings (SSSR count). The van der Waals surface area contributed by atoms with Gasteiger partial charge in [-0.15, -0.1) is 17.9 Å². The number of anilines is 1. The Balaban J connectivity index is 2.10. The Bertz CT molecular complexity index is 720. The first kappa shape index (κ1) is 17.5. The number of hydrogen-bond acceptors (Lipinski definition) is 4. The number of carbonyl (C=O) groups is 2. The summed E-state index contributed by atoms with van der Waals surface area (Å²) in [6.07, 6.45) is 3.13. The topological polar surface area (TPSA) is 62.3 Å². The number of nitrogens with one attached hydrogen (secondary N) is 1. The first-order chi connectivity index (χ1) is 11.0. The van der Waals surface area contributed by atoms with Crippen LogP contribution in [-0.2, 0) is 4.79 Å². The monoisotopic (exact) mass is 369 g/mol. The van der Waals surface area contributed by atoms with Crippen molar-refractivity contribution >= 4 is 51.5 Å². The summed E-state index contributed by atoms with van der Waals surface area (Å²) in [4.78, 5) is 29.9. The van der Waals surface area contributed by atoms with Crippen molar-refractivity contribution in [2.75, 3.05) is 18.4 Å². The molecule has 0 aliphatic heterocycles. The molecule has 5 nitrogen and oxygen atoms in total. The lowest BCUT2D eigenvalue weighted by Crippen LogP contribution is -2.38. The third-order valence-corrected chi connectivity index (χ3v) is 4.24. The van der Waals surface area contributed by atoms with E-state index in [0.29, 0.717) is 15.7 Å². The molecule has 8 heteroatoms. The normalized spacial score (nSPS) is 10.2. The van der Waals surface area contributed by atoms with Gasteiger partial charge in [-0.1, -0.05) is 29.3 Å². The lowest BCUT2D eigenvalue weighted by molar-refractivity contribution is -0.116. The molecule has 1 heterocycles. The minimum Gasteiger partial charge on any atom is -0.326 e. The van der Waals surface area contributed by atoms with Gasteiger partial charge >= 0.3 is 0 Å². The van der Waals surface area contributed by atoms with E-state index in [0.717, 1.165) is 0 Å². The lowest BCUT2D eigenvalue weighted by Gasteiger charge is -2.20. The Kier molecular flexibility index (Phi) is 6.15. The highest BCUT2D eigenvalue weighted by Crippen LogP contribution is 2.23. The van der Waals surface area contributed by atoms with Gasteiger partial charge in [0.25, 0.3) is 5.91 Å². The second kappa shape index (κ2) is 8.10. The molecule has 0 bridgehead atoms. The third kappa shape index (κ3) is 4.79. The molecule has 120 valence electrons. The van der Waals surface area contributed by atoms with E-state index in [1.807, 2.05) is 0 Å². The summed E-state index contributed by atoms with van der Waals surface area (Å²) in [5.74, 6) is -0.673. The number of rotatable bonds is 6. The number of aromatic nitrogens is 1. The van der Waals surface area contributed by atoms with Gasteiger partial charge in [0, 0.05) is 23.7 Å². The van der Waals surface area contributed by atoms with E-state index in [9.17, 15) is 9.59 Å². The Hall–Kier alpha value is -1.89. The molecule has 23 heavy (non-hydrogen) atoms. The summed E-state index contributed by atoms with van der Waals surface area (Å²) in [7, 11) is 0. The van der Waals surface area contributed by atoms with Crippen molar-refractivity contribution in [2.45, 2.75) is 0 Å². The van der Waals surface area contributed by atoms with Crippen molar-refractivity contribution in [3.63, 3.8) is 0 Å². The maximum Gasteiger partial charge on any atom is 0.254 e. The average molecular weight is 370 g/mol. The smallest absolute Gasteiger partial charge is 0.254 e. The van der Waals surface area contributed by atoms with Crippen LogP contribution in [0.5, 0.6) is 0 Å². The number of thiazole rings is 1. The van der Waals surface area contributed by atoms with Crippen molar-refractivity contribution in [1.82, 2.24) is 9.88 Å². The summed E-state index contributed by atoms with van der Waals surface area (Å²) in [5, 5.41) is 5.50. The van der Waals surface area contributed by atoms with Gasteiger partial charge in [-0.05, 0) is 18.2 Å². The Morgan fingerprint density at radius 2 is 2.13 bits per heavy atom. The van der Waals surface area contributed by atoms with Crippen molar-refractivity contribution < 1.29 is 9.59 Å².